The van der Waals surface area contributed by atoms with Gasteiger partial charge in [-0.15, -0.1) is 0 Å². The van der Waals surface area contributed by atoms with E-state index in [0.29, 0.717) is 19.0 Å². The number of aromatic amines is 1. The number of rotatable bonds is 4. The average Bonchev–Trinajstić information content (AvgIpc) is 3.11. The molecular formula is C18H24N4O3. The summed E-state index contributed by atoms with van der Waals surface area (Å²) in [6, 6.07) is 3.29. The van der Waals surface area contributed by atoms with Crippen molar-refractivity contribution in [3.63, 3.8) is 0 Å². The van der Waals surface area contributed by atoms with Gasteiger partial charge in [0.15, 0.2) is 5.60 Å². The highest BCUT2D eigenvalue weighted by molar-refractivity contribution is 5.84. The van der Waals surface area contributed by atoms with Crippen LogP contribution < -0.4 is 5.56 Å². The van der Waals surface area contributed by atoms with Crippen LogP contribution in [-0.4, -0.2) is 49.1 Å². The van der Waals surface area contributed by atoms with E-state index in [1.54, 1.807) is 23.5 Å². The maximum atomic E-state index is 12.7. The quantitative estimate of drug-likeness (QED) is 0.867. The Hall–Kier alpha value is -2.41. The van der Waals surface area contributed by atoms with Crippen LogP contribution >= 0.6 is 0 Å². The molecule has 0 spiro atoms. The SMILES string of the molecule is Cc1ccn(CC(C)(O)C(=O)N2CCC(c3cnc[nH]3)CC2)c(=O)c1. The summed E-state index contributed by atoms with van der Waals surface area (Å²) in [5.74, 6) is 0.0271. The van der Waals surface area contributed by atoms with E-state index in [2.05, 4.69) is 9.97 Å². The third-order valence-corrected chi connectivity index (χ3v) is 4.83. The summed E-state index contributed by atoms with van der Waals surface area (Å²) in [6.07, 6.45) is 6.76. The van der Waals surface area contributed by atoms with Gasteiger partial charge >= 0.3 is 0 Å². The molecule has 0 aromatic carbocycles. The van der Waals surface area contributed by atoms with Crippen molar-refractivity contribution in [2.45, 2.75) is 44.8 Å². The van der Waals surface area contributed by atoms with Crippen LogP contribution in [0.15, 0.2) is 35.6 Å². The van der Waals surface area contributed by atoms with E-state index in [4.69, 9.17) is 0 Å². The van der Waals surface area contributed by atoms with Crippen LogP contribution in [0.25, 0.3) is 0 Å². The van der Waals surface area contributed by atoms with E-state index in [9.17, 15) is 14.7 Å². The number of amides is 1. The zero-order valence-electron chi connectivity index (χ0n) is 14.6. The van der Waals surface area contributed by atoms with Crippen molar-refractivity contribution in [3.05, 3.63) is 52.5 Å². The standard InChI is InChI=1S/C18H24N4O3/c1-13-3-6-22(16(23)9-13)11-18(2,25)17(24)21-7-4-14(5-8-21)15-10-19-12-20-15/h3,6,9-10,12,14,25H,4-5,7-8,11H2,1-2H3,(H,19,20). The summed E-state index contributed by atoms with van der Waals surface area (Å²) >= 11 is 0. The van der Waals surface area contributed by atoms with Crippen molar-refractivity contribution in [2.75, 3.05) is 13.1 Å². The molecule has 7 nitrogen and oxygen atoms in total. The molecule has 0 saturated carbocycles. The maximum Gasteiger partial charge on any atom is 0.256 e. The van der Waals surface area contributed by atoms with Gasteiger partial charge in [0.1, 0.15) is 0 Å². The molecule has 2 aromatic rings. The summed E-state index contributed by atoms with van der Waals surface area (Å²) in [6.45, 7) is 4.43. The minimum Gasteiger partial charge on any atom is -0.378 e. The highest BCUT2D eigenvalue weighted by Gasteiger charge is 2.37. The molecule has 0 radical (unpaired) electrons. The lowest BCUT2D eigenvalue weighted by molar-refractivity contribution is -0.152. The molecule has 1 atom stereocenters. The van der Waals surface area contributed by atoms with E-state index < -0.39 is 5.60 Å². The molecule has 1 fully saturated rings. The zero-order chi connectivity index (χ0) is 18.0. The molecular weight excluding hydrogens is 320 g/mol. The lowest BCUT2D eigenvalue weighted by Gasteiger charge is -2.36. The Morgan fingerprint density at radius 1 is 1.44 bits per heavy atom. The number of H-pyrrole nitrogens is 1. The van der Waals surface area contributed by atoms with Crippen molar-refractivity contribution in [3.8, 4) is 0 Å². The van der Waals surface area contributed by atoms with E-state index in [-0.39, 0.29) is 18.0 Å². The van der Waals surface area contributed by atoms with Crippen LogP contribution in [0.3, 0.4) is 0 Å². The number of imidazole rings is 1. The van der Waals surface area contributed by atoms with E-state index in [1.807, 2.05) is 13.1 Å². The van der Waals surface area contributed by atoms with Gasteiger partial charge in [-0.25, -0.2) is 4.98 Å². The number of aromatic nitrogens is 3. The van der Waals surface area contributed by atoms with Gasteiger partial charge in [0.25, 0.3) is 11.5 Å². The first-order valence-corrected chi connectivity index (χ1v) is 8.54. The molecule has 1 unspecified atom stereocenters. The number of piperidine rings is 1. The Bertz CT molecular complexity index is 787. The molecule has 1 saturated heterocycles. The van der Waals surface area contributed by atoms with Gasteiger partial charge in [0, 0.05) is 43.2 Å². The highest BCUT2D eigenvalue weighted by Crippen LogP contribution is 2.27. The van der Waals surface area contributed by atoms with Crippen LogP contribution in [0.1, 0.15) is 36.9 Å². The van der Waals surface area contributed by atoms with Gasteiger partial charge in [-0.05, 0) is 38.3 Å². The Kier molecular flexibility index (Phi) is 4.76. The third kappa shape index (κ3) is 3.82. The van der Waals surface area contributed by atoms with E-state index in [1.165, 1.54) is 17.6 Å². The topological polar surface area (TPSA) is 91.2 Å². The first kappa shape index (κ1) is 17.4. The Labute approximate surface area is 146 Å². The van der Waals surface area contributed by atoms with Gasteiger partial charge in [-0.2, -0.15) is 0 Å². The first-order chi connectivity index (χ1) is 11.9. The lowest BCUT2D eigenvalue weighted by Crippen LogP contribution is -2.52. The second kappa shape index (κ2) is 6.84. The number of nitrogens with zero attached hydrogens (tertiary/aromatic N) is 3. The molecule has 25 heavy (non-hydrogen) atoms. The van der Waals surface area contributed by atoms with Gasteiger partial charge < -0.3 is 19.6 Å². The van der Waals surface area contributed by atoms with Crippen molar-refractivity contribution in [1.29, 1.82) is 0 Å². The maximum absolute atomic E-state index is 12.7. The third-order valence-electron chi connectivity index (χ3n) is 4.83. The predicted molar refractivity (Wildman–Crippen MR) is 93.2 cm³/mol. The fraction of sp³-hybridized carbons (Fsp3) is 0.500. The lowest BCUT2D eigenvalue weighted by atomic mass is 9.92. The van der Waals surface area contributed by atoms with E-state index >= 15 is 0 Å². The molecule has 0 bridgehead atoms. The Morgan fingerprint density at radius 3 is 2.76 bits per heavy atom. The van der Waals surface area contributed by atoms with Crippen molar-refractivity contribution in [1.82, 2.24) is 19.4 Å². The molecule has 2 N–H and O–H groups in total. The molecule has 3 rings (SSSR count). The number of likely N-dealkylation sites (tertiary alicyclic amines) is 1. The van der Waals surface area contributed by atoms with E-state index in [0.717, 1.165) is 24.1 Å². The summed E-state index contributed by atoms with van der Waals surface area (Å²) in [4.78, 5) is 33.6. The largest absolute Gasteiger partial charge is 0.378 e. The molecule has 1 aliphatic rings. The number of carbonyl (C=O) groups is 1. The number of nitrogens with one attached hydrogen (secondary N) is 1. The summed E-state index contributed by atoms with van der Waals surface area (Å²) < 4.78 is 1.38. The molecule has 2 aromatic heterocycles. The highest BCUT2D eigenvalue weighted by atomic mass is 16.3. The zero-order valence-corrected chi connectivity index (χ0v) is 14.6. The number of carbonyl (C=O) groups excluding carboxylic acids is 1. The molecule has 7 heteroatoms. The number of aliphatic hydroxyl groups is 1. The molecule has 0 aliphatic carbocycles. The Balaban J connectivity index is 1.64. The number of pyridine rings is 1. The van der Waals surface area contributed by atoms with Crippen LogP contribution in [-0.2, 0) is 11.3 Å². The van der Waals surface area contributed by atoms with Gasteiger partial charge in [-0.1, -0.05) is 0 Å². The average molecular weight is 344 g/mol. The minimum absolute atomic E-state index is 0.0502. The van der Waals surface area contributed by atoms with Crippen LogP contribution in [0.4, 0.5) is 0 Å². The molecule has 1 aliphatic heterocycles. The fourth-order valence-electron chi connectivity index (χ4n) is 3.36. The molecule has 1 amide bonds. The second-order valence-corrected chi connectivity index (χ2v) is 7.02. The van der Waals surface area contributed by atoms with Gasteiger partial charge in [0.05, 0.1) is 12.9 Å². The molecule has 134 valence electrons. The predicted octanol–water partition coefficient (Wildman–Crippen LogP) is 1.04. The number of hydrogen-bond donors (Lipinski definition) is 2. The van der Waals surface area contributed by atoms with Crippen molar-refractivity contribution in [2.24, 2.45) is 0 Å². The molecule has 3 heterocycles. The minimum atomic E-state index is -1.61. The summed E-state index contributed by atoms with van der Waals surface area (Å²) in [5, 5.41) is 10.7. The fourth-order valence-corrected chi connectivity index (χ4v) is 3.36. The van der Waals surface area contributed by atoms with Crippen molar-refractivity contribution >= 4 is 5.91 Å². The van der Waals surface area contributed by atoms with Crippen LogP contribution in [0, 0.1) is 6.92 Å². The summed E-state index contributed by atoms with van der Waals surface area (Å²) in [7, 11) is 0. The van der Waals surface area contributed by atoms with Crippen molar-refractivity contribution < 1.29 is 9.90 Å². The first-order valence-electron chi connectivity index (χ1n) is 8.54. The normalized spacial score (nSPS) is 18.1. The Morgan fingerprint density at radius 2 is 2.16 bits per heavy atom. The van der Waals surface area contributed by atoms with Gasteiger partial charge in [0.2, 0.25) is 0 Å². The van der Waals surface area contributed by atoms with Crippen LogP contribution in [0.2, 0.25) is 0 Å². The second-order valence-electron chi connectivity index (χ2n) is 7.02. The summed E-state index contributed by atoms with van der Waals surface area (Å²) in [5.41, 5.74) is 0.115. The monoisotopic (exact) mass is 344 g/mol. The van der Waals surface area contributed by atoms with Gasteiger partial charge in [-0.3, -0.25) is 9.59 Å². The number of aryl methyl sites for hydroxylation is 1. The smallest absolute Gasteiger partial charge is 0.256 e. The number of hydrogen-bond acceptors (Lipinski definition) is 4. The van der Waals surface area contributed by atoms with Crippen LogP contribution in [0.5, 0.6) is 0 Å².